The van der Waals surface area contributed by atoms with E-state index in [2.05, 4.69) is 290 Å². The minimum Gasteiger partial charge on any atom is -0.453 e. The molecule has 0 saturated carbocycles. The molecule has 0 bridgehead atoms. The smallest absolute Gasteiger partial charge is 0.160 e. The van der Waals surface area contributed by atoms with Gasteiger partial charge < -0.3 is 9.32 Å². The summed E-state index contributed by atoms with van der Waals surface area (Å²) >= 11 is 0. The Labute approximate surface area is 440 Å². The molecule has 1 heterocycles. The van der Waals surface area contributed by atoms with Crippen LogP contribution in [0, 0.1) is 0 Å². The number of para-hydroxylation sites is 1. The van der Waals surface area contributed by atoms with Crippen molar-refractivity contribution in [3.05, 3.63) is 285 Å². The van der Waals surface area contributed by atoms with Gasteiger partial charge in [0, 0.05) is 27.7 Å². The molecule has 354 valence electrons. The Balaban J connectivity index is 0.856. The molecule has 0 saturated heterocycles. The molecule has 0 N–H and O–H groups in total. The normalized spacial score (nSPS) is 11.7. The first kappa shape index (κ1) is 43.6. The van der Waals surface area contributed by atoms with Gasteiger partial charge in [0.25, 0.3) is 0 Å². The fourth-order valence-electron chi connectivity index (χ4n) is 11.8. The summed E-state index contributed by atoms with van der Waals surface area (Å²) in [6.07, 6.45) is 0. The monoisotopic (exact) mass is 965 g/mol. The maximum absolute atomic E-state index is 7.26. The second-order valence-corrected chi connectivity index (χ2v) is 20.0. The number of furan rings is 1. The number of nitrogens with zero attached hydrogens (tertiary/aromatic N) is 1. The molecule has 0 radical (unpaired) electrons. The standard InChI is InChI=1S/C74H47NO/c1-2-15-51(16-3-1)67-23-12-26-70-72-66-20-9-8-19-60(66)47-71(74(72)76-73(67)70)75(62-39-35-50(36-40-62)55-30-31-58-45-59(33-32-57(58)44-55)56-29-27-48-13-4-6-17-53(48)43-56)63-41-37-52(38-42-63)64-21-10-25-69-65(22-11-24-68(64)69)61-34-28-49-14-5-7-18-54(49)46-61/h1-47H. The second kappa shape index (κ2) is 17.9. The summed E-state index contributed by atoms with van der Waals surface area (Å²) in [7, 11) is 0. The first-order valence-corrected chi connectivity index (χ1v) is 26.1. The van der Waals surface area contributed by atoms with E-state index in [4.69, 9.17) is 4.42 Å². The van der Waals surface area contributed by atoms with Crippen LogP contribution in [-0.2, 0) is 0 Å². The lowest BCUT2D eigenvalue weighted by atomic mass is 9.92. The van der Waals surface area contributed by atoms with Crippen LogP contribution in [0.3, 0.4) is 0 Å². The van der Waals surface area contributed by atoms with Crippen LogP contribution in [0.2, 0.25) is 0 Å². The van der Waals surface area contributed by atoms with Crippen LogP contribution in [0.1, 0.15) is 0 Å². The third kappa shape index (κ3) is 7.42. The molecule has 0 atom stereocenters. The highest BCUT2D eigenvalue weighted by Crippen LogP contribution is 2.48. The summed E-state index contributed by atoms with van der Waals surface area (Å²) in [5, 5.41) is 14.4. The SMILES string of the molecule is c1ccc(-c2cccc3c2oc2c(N(c4ccc(-c5ccc6cc(-c7ccc8ccccc8c7)ccc6c5)cc4)c4ccc(-c5cccc6c(-c7ccc8ccccc8c7)cccc56)cc4)cc4ccccc4c23)cc1. The molecule has 15 rings (SSSR count). The van der Waals surface area contributed by atoms with Crippen molar-refractivity contribution in [2.45, 2.75) is 0 Å². The Morgan fingerprint density at radius 2 is 0.632 bits per heavy atom. The highest BCUT2D eigenvalue weighted by atomic mass is 16.3. The first-order chi connectivity index (χ1) is 37.6. The number of benzene rings is 14. The fourth-order valence-corrected chi connectivity index (χ4v) is 11.8. The Morgan fingerprint density at radius 1 is 0.224 bits per heavy atom. The maximum Gasteiger partial charge on any atom is 0.160 e. The van der Waals surface area contributed by atoms with Crippen LogP contribution in [0.15, 0.2) is 290 Å². The van der Waals surface area contributed by atoms with Crippen molar-refractivity contribution < 1.29 is 4.42 Å². The van der Waals surface area contributed by atoms with Crippen molar-refractivity contribution in [1.82, 2.24) is 0 Å². The number of fused-ring (bicyclic) bond motifs is 9. The number of rotatable bonds is 8. The van der Waals surface area contributed by atoms with E-state index in [0.717, 1.165) is 72.0 Å². The Bertz CT molecular complexity index is 4740. The van der Waals surface area contributed by atoms with E-state index in [9.17, 15) is 0 Å². The highest BCUT2D eigenvalue weighted by molar-refractivity contribution is 6.24. The Kier molecular flexibility index (Phi) is 10.2. The summed E-state index contributed by atoms with van der Waals surface area (Å²) in [4.78, 5) is 2.38. The zero-order valence-corrected chi connectivity index (χ0v) is 41.5. The Hall–Kier alpha value is -10.0. The van der Waals surface area contributed by atoms with E-state index in [1.165, 1.54) is 76.5 Å². The van der Waals surface area contributed by atoms with Crippen molar-refractivity contribution in [2.24, 2.45) is 0 Å². The third-order valence-electron chi connectivity index (χ3n) is 15.6. The number of hydrogen-bond acceptors (Lipinski definition) is 2. The van der Waals surface area contributed by atoms with Crippen LogP contribution in [0.5, 0.6) is 0 Å². The van der Waals surface area contributed by atoms with Gasteiger partial charge in [-0.2, -0.15) is 0 Å². The first-order valence-electron chi connectivity index (χ1n) is 26.1. The average Bonchev–Trinajstić information content (AvgIpc) is 3.90. The van der Waals surface area contributed by atoms with Gasteiger partial charge in [-0.1, -0.05) is 231 Å². The van der Waals surface area contributed by atoms with Crippen LogP contribution < -0.4 is 4.90 Å². The molecule has 2 heteroatoms. The molecule has 0 unspecified atom stereocenters. The van der Waals surface area contributed by atoms with Crippen molar-refractivity contribution >= 4 is 92.9 Å². The van der Waals surface area contributed by atoms with Crippen molar-refractivity contribution in [1.29, 1.82) is 0 Å². The van der Waals surface area contributed by atoms with Gasteiger partial charge in [0.15, 0.2) is 5.58 Å². The Morgan fingerprint density at radius 3 is 1.25 bits per heavy atom. The average molecular weight is 966 g/mol. The molecule has 76 heavy (non-hydrogen) atoms. The van der Waals surface area contributed by atoms with Gasteiger partial charge in [-0.15, -0.1) is 0 Å². The molecule has 0 aliphatic heterocycles. The van der Waals surface area contributed by atoms with E-state index >= 15 is 0 Å². The number of anilines is 3. The molecule has 0 amide bonds. The maximum atomic E-state index is 7.26. The third-order valence-corrected chi connectivity index (χ3v) is 15.6. The van der Waals surface area contributed by atoms with Gasteiger partial charge >= 0.3 is 0 Å². The van der Waals surface area contributed by atoms with E-state index in [1.807, 2.05) is 0 Å². The van der Waals surface area contributed by atoms with E-state index in [1.54, 1.807) is 0 Å². The summed E-state index contributed by atoms with van der Waals surface area (Å²) in [6.45, 7) is 0. The van der Waals surface area contributed by atoms with Crippen LogP contribution >= 0.6 is 0 Å². The quantitative estimate of drug-likeness (QED) is 0.151. The van der Waals surface area contributed by atoms with E-state index in [0.29, 0.717) is 0 Å². The van der Waals surface area contributed by atoms with Gasteiger partial charge in [0.05, 0.1) is 5.69 Å². The summed E-state index contributed by atoms with van der Waals surface area (Å²) in [5.41, 5.74) is 16.5. The van der Waals surface area contributed by atoms with Crippen molar-refractivity contribution in [2.75, 3.05) is 4.90 Å². The lowest BCUT2D eigenvalue weighted by Gasteiger charge is -2.26. The molecular weight excluding hydrogens is 919 g/mol. The lowest BCUT2D eigenvalue weighted by Crippen LogP contribution is -2.10. The van der Waals surface area contributed by atoms with Crippen LogP contribution in [0.4, 0.5) is 17.1 Å². The minimum atomic E-state index is 0.845. The fraction of sp³-hybridized carbons (Fsp3) is 0. The molecule has 2 nitrogen and oxygen atoms in total. The van der Waals surface area contributed by atoms with Gasteiger partial charge in [-0.25, -0.2) is 0 Å². The van der Waals surface area contributed by atoms with Gasteiger partial charge in [0.2, 0.25) is 0 Å². The molecule has 15 aromatic rings. The molecule has 14 aromatic carbocycles. The summed E-state index contributed by atoms with van der Waals surface area (Å²) in [6, 6.07) is 104. The second-order valence-electron chi connectivity index (χ2n) is 20.0. The molecule has 0 spiro atoms. The van der Waals surface area contributed by atoms with Crippen LogP contribution in [-0.4, -0.2) is 0 Å². The largest absolute Gasteiger partial charge is 0.453 e. The topological polar surface area (TPSA) is 16.4 Å². The van der Waals surface area contributed by atoms with Crippen LogP contribution in [0.25, 0.3) is 131 Å². The van der Waals surface area contributed by atoms with Gasteiger partial charge in [0.1, 0.15) is 5.58 Å². The molecule has 1 aromatic heterocycles. The van der Waals surface area contributed by atoms with E-state index in [-0.39, 0.29) is 0 Å². The van der Waals surface area contributed by atoms with Gasteiger partial charge in [-0.05, 0) is 159 Å². The predicted octanol–water partition coefficient (Wildman–Crippen LogP) is 21.2. The molecule has 0 fully saturated rings. The van der Waals surface area contributed by atoms with Crippen molar-refractivity contribution in [3.8, 4) is 55.6 Å². The zero-order valence-electron chi connectivity index (χ0n) is 41.5. The molecule has 0 aliphatic rings. The summed E-state index contributed by atoms with van der Waals surface area (Å²) in [5.74, 6) is 0. The van der Waals surface area contributed by atoms with Crippen molar-refractivity contribution in [3.63, 3.8) is 0 Å². The summed E-state index contributed by atoms with van der Waals surface area (Å²) < 4.78 is 7.26. The molecular formula is C74H47NO. The van der Waals surface area contributed by atoms with E-state index < -0.39 is 0 Å². The van der Waals surface area contributed by atoms with Gasteiger partial charge in [-0.3, -0.25) is 0 Å². The molecule has 0 aliphatic carbocycles. The lowest BCUT2D eigenvalue weighted by molar-refractivity contribution is 0.670. The minimum absolute atomic E-state index is 0.845. The highest BCUT2D eigenvalue weighted by Gasteiger charge is 2.24. The zero-order chi connectivity index (χ0) is 50.1. The predicted molar refractivity (Wildman–Crippen MR) is 323 cm³/mol. The number of hydrogen-bond donors (Lipinski definition) is 0.